The molecule has 0 saturated carbocycles. The van der Waals surface area contributed by atoms with Crippen molar-refractivity contribution in [2.75, 3.05) is 12.3 Å². The van der Waals surface area contributed by atoms with Crippen molar-refractivity contribution in [1.82, 2.24) is 0 Å². The van der Waals surface area contributed by atoms with E-state index in [4.69, 9.17) is 27.2 Å². The van der Waals surface area contributed by atoms with Crippen molar-refractivity contribution in [1.29, 1.82) is 0 Å². The number of rotatable bonds is 5. The molecule has 0 radical (unpaired) electrons. The standard InChI is InChI=1S/C13H10ClNO4S/c14-11-12(19-6-10(17)18)9(5-16)20-13(11)7-2-1-3-8(15)4-7/h1-5H,6,15H2,(H,17,18). The maximum atomic E-state index is 11.0. The Morgan fingerprint density at radius 2 is 2.25 bits per heavy atom. The molecule has 0 bridgehead atoms. The maximum absolute atomic E-state index is 11.0. The molecule has 0 aliphatic heterocycles. The number of hydrogen-bond donors (Lipinski definition) is 2. The number of ether oxygens (including phenoxy) is 1. The quantitative estimate of drug-likeness (QED) is 0.654. The third-order valence-electron chi connectivity index (χ3n) is 2.43. The number of thiophene rings is 1. The van der Waals surface area contributed by atoms with Gasteiger partial charge in [0.1, 0.15) is 9.90 Å². The predicted molar refractivity (Wildman–Crippen MR) is 77.7 cm³/mol. The van der Waals surface area contributed by atoms with Crippen LogP contribution in [0.2, 0.25) is 5.02 Å². The van der Waals surface area contributed by atoms with Gasteiger partial charge in [-0.15, -0.1) is 11.3 Å². The molecule has 20 heavy (non-hydrogen) atoms. The molecule has 0 amide bonds. The average molecular weight is 312 g/mol. The molecule has 3 N–H and O–H groups in total. The Kier molecular flexibility index (Phi) is 4.26. The van der Waals surface area contributed by atoms with Crippen LogP contribution in [0.1, 0.15) is 9.67 Å². The van der Waals surface area contributed by atoms with Crippen LogP contribution in [0.5, 0.6) is 5.75 Å². The zero-order valence-corrected chi connectivity index (χ0v) is 11.7. The zero-order chi connectivity index (χ0) is 14.7. The van der Waals surface area contributed by atoms with Crippen LogP contribution >= 0.6 is 22.9 Å². The van der Waals surface area contributed by atoms with Gasteiger partial charge in [-0.2, -0.15) is 0 Å². The van der Waals surface area contributed by atoms with E-state index in [1.54, 1.807) is 24.3 Å². The molecule has 1 heterocycles. The molecule has 104 valence electrons. The zero-order valence-electron chi connectivity index (χ0n) is 10.1. The molecule has 1 aromatic carbocycles. The van der Waals surface area contributed by atoms with E-state index < -0.39 is 12.6 Å². The number of carbonyl (C=O) groups is 2. The summed E-state index contributed by atoms with van der Waals surface area (Å²) in [6.45, 7) is -0.562. The number of halogens is 1. The average Bonchev–Trinajstić information content (AvgIpc) is 2.73. The summed E-state index contributed by atoms with van der Waals surface area (Å²) >= 11 is 7.30. The molecule has 0 aliphatic carbocycles. The second-order valence-electron chi connectivity index (χ2n) is 3.86. The number of carboxylic acids is 1. The van der Waals surface area contributed by atoms with Gasteiger partial charge in [0.15, 0.2) is 18.6 Å². The number of aldehydes is 1. The van der Waals surface area contributed by atoms with E-state index in [1.165, 1.54) is 0 Å². The summed E-state index contributed by atoms with van der Waals surface area (Å²) in [5.74, 6) is -1.05. The second-order valence-corrected chi connectivity index (χ2v) is 5.29. The number of carboxylic acid groups (broad SMARTS) is 1. The fraction of sp³-hybridized carbons (Fsp3) is 0.0769. The number of benzene rings is 1. The van der Waals surface area contributed by atoms with Gasteiger partial charge in [0.25, 0.3) is 0 Å². The number of anilines is 1. The number of nitrogens with two attached hydrogens (primary N) is 1. The van der Waals surface area contributed by atoms with Crippen molar-refractivity contribution >= 4 is 40.9 Å². The number of nitrogen functional groups attached to an aromatic ring is 1. The van der Waals surface area contributed by atoms with Crippen molar-refractivity contribution in [3.8, 4) is 16.2 Å². The van der Waals surface area contributed by atoms with Crippen molar-refractivity contribution < 1.29 is 19.4 Å². The van der Waals surface area contributed by atoms with Crippen LogP contribution < -0.4 is 10.5 Å². The lowest BCUT2D eigenvalue weighted by atomic mass is 10.1. The highest BCUT2D eigenvalue weighted by atomic mass is 35.5. The Morgan fingerprint density at radius 1 is 1.50 bits per heavy atom. The molecule has 0 spiro atoms. The Morgan fingerprint density at radius 3 is 2.85 bits per heavy atom. The SMILES string of the molecule is Nc1cccc(-c2sc(C=O)c(OCC(=O)O)c2Cl)c1. The van der Waals surface area contributed by atoms with Crippen LogP contribution in [0.4, 0.5) is 5.69 Å². The molecule has 0 fully saturated rings. The molecule has 5 nitrogen and oxygen atoms in total. The van der Waals surface area contributed by atoms with Gasteiger partial charge in [-0.1, -0.05) is 23.7 Å². The number of aliphatic carboxylic acids is 1. The summed E-state index contributed by atoms with van der Waals surface area (Å²) in [6, 6.07) is 7.00. The van der Waals surface area contributed by atoms with E-state index in [0.717, 1.165) is 16.9 Å². The summed E-state index contributed by atoms with van der Waals surface area (Å²) in [7, 11) is 0. The molecule has 2 aromatic rings. The normalized spacial score (nSPS) is 10.2. The first kappa shape index (κ1) is 14.4. The van der Waals surface area contributed by atoms with Crippen LogP contribution in [-0.2, 0) is 4.79 Å². The van der Waals surface area contributed by atoms with Gasteiger partial charge in [0, 0.05) is 5.69 Å². The van der Waals surface area contributed by atoms with E-state index >= 15 is 0 Å². The van der Waals surface area contributed by atoms with Crippen molar-refractivity contribution in [2.45, 2.75) is 0 Å². The molecule has 1 aromatic heterocycles. The van der Waals surface area contributed by atoms with Gasteiger partial charge in [-0.25, -0.2) is 4.79 Å². The molecule has 0 aliphatic rings. The van der Waals surface area contributed by atoms with Gasteiger partial charge >= 0.3 is 5.97 Å². The Bertz CT molecular complexity index is 668. The van der Waals surface area contributed by atoms with Crippen LogP contribution in [0, 0.1) is 0 Å². The lowest BCUT2D eigenvalue weighted by Gasteiger charge is -2.03. The van der Waals surface area contributed by atoms with Crippen molar-refractivity contribution in [3.05, 3.63) is 34.2 Å². The Hall–Kier alpha value is -2.05. The molecule has 0 atom stereocenters. The van der Waals surface area contributed by atoms with E-state index in [1.807, 2.05) is 0 Å². The van der Waals surface area contributed by atoms with E-state index in [9.17, 15) is 9.59 Å². The first-order valence-electron chi connectivity index (χ1n) is 5.51. The number of carbonyl (C=O) groups excluding carboxylic acids is 1. The predicted octanol–water partition coefficient (Wildman–Crippen LogP) is 2.93. The van der Waals surface area contributed by atoms with E-state index in [2.05, 4.69) is 0 Å². The highest BCUT2D eigenvalue weighted by molar-refractivity contribution is 7.18. The number of hydrogen-bond acceptors (Lipinski definition) is 5. The fourth-order valence-corrected chi connectivity index (χ4v) is 3.01. The molecule has 0 saturated heterocycles. The molecular formula is C13H10ClNO4S. The van der Waals surface area contributed by atoms with Gasteiger partial charge in [0.05, 0.1) is 4.88 Å². The third kappa shape index (κ3) is 2.92. The Balaban J connectivity index is 2.45. The van der Waals surface area contributed by atoms with Crippen molar-refractivity contribution in [2.24, 2.45) is 0 Å². The maximum Gasteiger partial charge on any atom is 0.341 e. The summed E-state index contributed by atoms with van der Waals surface area (Å²) in [6.07, 6.45) is 0.587. The summed E-state index contributed by atoms with van der Waals surface area (Å²) in [4.78, 5) is 22.4. The van der Waals surface area contributed by atoms with Crippen LogP contribution in [0.3, 0.4) is 0 Å². The first-order valence-corrected chi connectivity index (χ1v) is 6.70. The summed E-state index contributed by atoms with van der Waals surface area (Å²) in [5, 5.41) is 8.83. The lowest BCUT2D eigenvalue weighted by molar-refractivity contribution is -0.139. The Labute approximate surface area is 123 Å². The van der Waals surface area contributed by atoms with Gasteiger partial charge in [-0.05, 0) is 17.7 Å². The van der Waals surface area contributed by atoms with E-state index in [-0.39, 0.29) is 15.6 Å². The lowest BCUT2D eigenvalue weighted by Crippen LogP contribution is -2.09. The largest absolute Gasteiger partial charge is 0.479 e. The smallest absolute Gasteiger partial charge is 0.341 e. The van der Waals surface area contributed by atoms with Crippen LogP contribution in [0.15, 0.2) is 24.3 Å². The monoisotopic (exact) mass is 311 g/mol. The highest BCUT2D eigenvalue weighted by Gasteiger charge is 2.20. The third-order valence-corrected chi connectivity index (χ3v) is 4.05. The van der Waals surface area contributed by atoms with E-state index in [0.29, 0.717) is 16.9 Å². The van der Waals surface area contributed by atoms with Gasteiger partial charge in [0.2, 0.25) is 0 Å². The summed E-state index contributed by atoms with van der Waals surface area (Å²) < 4.78 is 5.07. The first-order chi connectivity index (χ1) is 9.52. The molecular weight excluding hydrogens is 302 g/mol. The topological polar surface area (TPSA) is 89.6 Å². The molecule has 7 heteroatoms. The minimum atomic E-state index is -1.14. The van der Waals surface area contributed by atoms with Crippen LogP contribution in [-0.4, -0.2) is 24.0 Å². The molecule has 2 rings (SSSR count). The minimum Gasteiger partial charge on any atom is -0.479 e. The fourth-order valence-electron chi connectivity index (χ4n) is 1.62. The second kappa shape index (κ2) is 5.94. The summed E-state index contributed by atoms with van der Waals surface area (Å²) in [5.41, 5.74) is 7.01. The van der Waals surface area contributed by atoms with Crippen LogP contribution in [0.25, 0.3) is 10.4 Å². The highest BCUT2D eigenvalue weighted by Crippen LogP contribution is 2.44. The minimum absolute atomic E-state index is 0.0893. The van der Waals surface area contributed by atoms with Gasteiger partial charge in [-0.3, -0.25) is 4.79 Å². The molecule has 0 unspecified atom stereocenters. The van der Waals surface area contributed by atoms with Crippen molar-refractivity contribution in [3.63, 3.8) is 0 Å². The van der Waals surface area contributed by atoms with Gasteiger partial charge < -0.3 is 15.6 Å².